The number of hydrogen-bond acceptors (Lipinski definition) is 3. The molecule has 4 nitrogen and oxygen atoms in total. The predicted octanol–water partition coefficient (Wildman–Crippen LogP) is 5.58. The molecule has 0 bridgehead atoms. The van der Waals surface area contributed by atoms with Gasteiger partial charge in [0.15, 0.2) is 0 Å². The van der Waals surface area contributed by atoms with E-state index < -0.39 is 5.82 Å². The second-order valence-electron chi connectivity index (χ2n) is 6.90. The predicted molar refractivity (Wildman–Crippen MR) is 119 cm³/mol. The van der Waals surface area contributed by atoms with Crippen molar-refractivity contribution in [2.45, 2.75) is 24.3 Å². The van der Waals surface area contributed by atoms with E-state index in [4.69, 9.17) is 0 Å². The molecule has 0 aliphatic rings. The average Bonchev–Trinajstić information content (AvgIpc) is 2.76. The molecule has 0 aliphatic heterocycles. The first kappa shape index (κ1) is 22.5. The minimum absolute atomic E-state index is 0.120. The molecule has 0 spiro atoms. The summed E-state index contributed by atoms with van der Waals surface area (Å²) in [4.78, 5) is 24.9. The van der Waals surface area contributed by atoms with Gasteiger partial charge in [-0.05, 0) is 61.0 Å². The van der Waals surface area contributed by atoms with Gasteiger partial charge < -0.3 is 10.6 Å². The molecule has 0 aliphatic carbocycles. The molecule has 3 aromatic rings. The maximum Gasteiger partial charge on any atom is 0.255 e. The highest BCUT2D eigenvalue weighted by atomic mass is 32.2. The van der Waals surface area contributed by atoms with Crippen LogP contribution in [0, 0.1) is 11.6 Å². The van der Waals surface area contributed by atoms with E-state index in [1.807, 2.05) is 19.1 Å². The zero-order chi connectivity index (χ0) is 22.2. The summed E-state index contributed by atoms with van der Waals surface area (Å²) in [6.07, 6.45) is 0.273. The third-order valence-electron chi connectivity index (χ3n) is 4.58. The minimum Gasteiger partial charge on any atom is -0.350 e. The molecule has 3 aromatic carbocycles. The van der Waals surface area contributed by atoms with E-state index in [2.05, 4.69) is 10.6 Å². The highest BCUT2D eigenvalue weighted by Gasteiger charge is 2.11. The van der Waals surface area contributed by atoms with Crippen molar-refractivity contribution in [3.8, 4) is 0 Å². The van der Waals surface area contributed by atoms with Crippen molar-refractivity contribution in [2.75, 3.05) is 11.1 Å². The maximum absolute atomic E-state index is 13.6. The SMILES string of the molecule is CC(NC(=O)CCSc1ccccc1F)c1ccc(NC(=O)c2ccc(F)cc2)cc1. The van der Waals surface area contributed by atoms with Crippen LogP contribution in [0.2, 0.25) is 0 Å². The monoisotopic (exact) mass is 440 g/mol. The fourth-order valence-corrected chi connectivity index (χ4v) is 3.76. The summed E-state index contributed by atoms with van der Waals surface area (Å²) < 4.78 is 26.6. The lowest BCUT2D eigenvalue weighted by atomic mass is 10.1. The Morgan fingerprint density at radius 2 is 1.61 bits per heavy atom. The molecular weight excluding hydrogens is 418 g/mol. The molecule has 1 atom stereocenters. The van der Waals surface area contributed by atoms with E-state index in [0.717, 1.165) is 5.56 Å². The van der Waals surface area contributed by atoms with Crippen LogP contribution in [0.25, 0.3) is 0 Å². The highest BCUT2D eigenvalue weighted by Crippen LogP contribution is 2.22. The number of hydrogen-bond donors (Lipinski definition) is 2. The Morgan fingerprint density at radius 1 is 0.935 bits per heavy atom. The van der Waals surface area contributed by atoms with Crippen LogP contribution >= 0.6 is 11.8 Å². The molecule has 0 radical (unpaired) electrons. The van der Waals surface area contributed by atoms with Crippen LogP contribution in [0.15, 0.2) is 77.7 Å². The Balaban J connectivity index is 1.47. The van der Waals surface area contributed by atoms with Gasteiger partial charge in [0.05, 0.1) is 6.04 Å². The molecule has 0 heterocycles. The van der Waals surface area contributed by atoms with Gasteiger partial charge in [-0.15, -0.1) is 11.8 Å². The normalized spacial score (nSPS) is 11.6. The zero-order valence-electron chi connectivity index (χ0n) is 16.9. The van der Waals surface area contributed by atoms with Crippen molar-refractivity contribution < 1.29 is 18.4 Å². The fourth-order valence-electron chi connectivity index (χ4n) is 2.87. The fraction of sp³-hybridized carbons (Fsp3) is 0.167. The molecule has 2 N–H and O–H groups in total. The number of thioether (sulfide) groups is 1. The Morgan fingerprint density at radius 3 is 2.29 bits per heavy atom. The van der Waals surface area contributed by atoms with Gasteiger partial charge >= 0.3 is 0 Å². The van der Waals surface area contributed by atoms with Gasteiger partial charge in [-0.2, -0.15) is 0 Å². The third-order valence-corrected chi connectivity index (χ3v) is 5.63. The molecule has 3 rings (SSSR count). The van der Waals surface area contributed by atoms with E-state index in [-0.39, 0.29) is 30.1 Å². The van der Waals surface area contributed by atoms with Crippen molar-refractivity contribution in [3.05, 3.63) is 95.6 Å². The van der Waals surface area contributed by atoms with Crippen LogP contribution in [0.4, 0.5) is 14.5 Å². The van der Waals surface area contributed by atoms with E-state index in [1.54, 1.807) is 30.3 Å². The van der Waals surface area contributed by atoms with Gasteiger partial charge in [0.25, 0.3) is 5.91 Å². The zero-order valence-corrected chi connectivity index (χ0v) is 17.7. The summed E-state index contributed by atoms with van der Waals surface area (Å²) in [5.74, 6) is -0.657. The second-order valence-corrected chi connectivity index (χ2v) is 8.04. The summed E-state index contributed by atoms with van der Waals surface area (Å²) >= 11 is 1.31. The van der Waals surface area contributed by atoms with Gasteiger partial charge in [-0.3, -0.25) is 9.59 Å². The number of carbonyl (C=O) groups is 2. The van der Waals surface area contributed by atoms with E-state index in [1.165, 1.54) is 42.1 Å². The van der Waals surface area contributed by atoms with Crippen molar-refractivity contribution in [2.24, 2.45) is 0 Å². The van der Waals surface area contributed by atoms with Crippen molar-refractivity contribution in [3.63, 3.8) is 0 Å². The lowest BCUT2D eigenvalue weighted by Gasteiger charge is -2.15. The quantitative estimate of drug-likeness (QED) is 0.450. The molecule has 160 valence electrons. The first-order valence-electron chi connectivity index (χ1n) is 9.76. The van der Waals surface area contributed by atoms with Crippen LogP contribution in [-0.4, -0.2) is 17.6 Å². The van der Waals surface area contributed by atoms with Crippen LogP contribution in [0.5, 0.6) is 0 Å². The van der Waals surface area contributed by atoms with Gasteiger partial charge in [-0.25, -0.2) is 8.78 Å². The van der Waals surface area contributed by atoms with Gasteiger partial charge in [-0.1, -0.05) is 24.3 Å². The molecule has 0 fully saturated rings. The summed E-state index contributed by atoms with van der Waals surface area (Å²) in [6, 6.07) is 18.7. The number of halogens is 2. The second kappa shape index (κ2) is 10.7. The van der Waals surface area contributed by atoms with Crippen molar-refractivity contribution in [1.29, 1.82) is 0 Å². The minimum atomic E-state index is -0.400. The summed E-state index contributed by atoms with van der Waals surface area (Å²) in [6.45, 7) is 1.87. The summed E-state index contributed by atoms with van der Waals surface area (Å²) in [7, 11) is 0. The molecule has 31 heavy (non-hydrogen) atoms. The van der Waals surface area contributed by atoms with Gasteiger partial charge in [0.2, 0.25) is 5.91 Å². The van der Waals surface area contributed by atoms with Crippen LogP contribution in [0.3, 0.4) is 0 Å². The maximum atomic E-state index is 13.6. The van der Waals surface area contributed by atoms with Crippen LogP contribution in [-0.2, 0) is 4.79 Å². The first-order chi connectivity index (χ1) is 14.9. The van der Waals surface area contributed by atoms with Gasteiger partial charge in [0, 0.05) is 28.3 Å². The average molecular weight is 441 g/mol. The molecule has 2 amide bonds. The largest absolute Gasteiger partial charge is 0.350 e. The summed E-state index contributed by atoms with van der Waals surface area (Å²) in [5, 5.41) is 5.67. The van der Waals surface area contributed by atoms with Crippen molar-refractivity contribution in [1.82, 2.24) is 5.32 Å². The molecule has 0 saturated carbocycles. The number of carbonyl (C=O) groups excluding carboxylic acids is 2. The molecule has 7 heteroatoms. The topological polar surface area (TPSA) is 58.2 Å². The lowest BCUT2D eigenvalue weighted by molar-refractivity contribution is -0.121. The summed E-state index contributed by atoms with van der Waals surface area (Å²) in [5.41, 5.74) is 1.84. The Bertz CT molecular complexity index is 1040. The molecule has 0 saturated heterocycles. The standard InChI is InChI=1S/C24H22F2N2O2S/c1-16(27-23(29)14-15-31-22-5-3-2-4-21(22)26)17-8-12-20(13-9-17)28-24(30)18-6-10-19(25)11-7-18/h2-13,16H,14-15H2,1H3,(H,27,29)(H,28,30). The number of nitrogens with one attached hydrogen (secondary N) is 2. The highest BCUT2D eigenvalue weighted by molar-refractivity contribution is 7.99. The Hall–Kier alpha value is -3.19. The van der Waals surface area contributed by atoms with E-state index in [0.29, 0.717) is 21.9 Å². The number of amides is 2. The van der Waals surface area contributed by atoms with Crippen molar-refractivity contribution >= 4 is 29.3 Å². The molecule has 0 aromatic heterocycles. The Kier molecular flexibility index (Phi) is 7.78. The number of anilines is 1. The van der Waals surface area contributed by atoms with Gasteiger partial charge in [0.1, 0.15) is 11.6 Å². The Labute approximate surface area is 184 Å². The first-order valence-corrected chi connectivity index (χ1v) is 10.7. The third kappa shape index (κ3) is 6.65. The molecular formula is C24H22F2N2O2S. The smallest absolute Gasteiger partial charge is 0.255 e. The van der Waals surface area contributed by atoms with E-state index >= 15 is 0 Å². The molecule has 1 unspecified atom stereocenters. The van der Waals surface area contributed by atoms with Crippen LogP contribution in [0.1, 0.15) is 35.3 Å². The van der Waals surface area contributed by atoms with E-state index in [9.17, 15) is 18.4 Å². The number of rotatable bonds is 8. The van der Waals surface area contributed by atoms with Crippen LogP contribution < -0.4 is 10.6 Å². The lowest BCUT2D eigenvalue weighted by Crippen LogP contribution is -2.26. The number of benzene rings is 3.